The number of hydrogen-bond donors (Lipinski definition) is 0. The Labute approximate surface area is 227 Å². The topological polar surface area (TPSA) is 46.3 Å². The van der Waals surface area contributed by atoms with Crippen molar-refractivity contribution in [3.63, 3.8) is 0 Å². The maximum atomic E-state index is 15.2. The Hall–Kier alpha value is -3.74. The van der Waals surface area contributed by atoms with Gasteiger partial charge in [-0.15, -0.1) is 0 Å². The van der Waals surface area contributed by atoms with Gasteiger partial charge >= 0.3 is 0 Å². The van der Waals surface area contributed by atoms with Gasteiger partial charge in [-0.3, -0.25) is 4.99 Å². The summed E-state index contributed by atoms with van der Waals surface area (Å²) >= 11 is 0. The zero-order chi connectivity index (χ0) is 27.4. The van der Waals surface area contributed by atoms with Gasteiger partial charge in [0, 0.05) is 24.6 Å². The number of fused-ring (bicyclic) bond motifs is 1. The first kappa shape index (κ1) is 26.9. The summed E-state index contributed by atoms with van der Waals surface area (Å²) in [6, 6.07) is 9.45. The van der Waals surface area contributed by atoms with Crippen molar-refractivity contribution in [1.82, 2.24) is 0 Å². The Balaban J connectivity index is 1.34. The highest BCUT2D eigenvalue weighted by Crippen LogP contribution is 2.32. The van der Waals surface area contributed by atoms with E-state index in [1.165, 1.54) is 12.1 Å². The van der Waals surface area contributed by atoms with Gasteiger partial charge in [-0.2, -0.15) is 0 Å². The molecule has 1 atom stereocenters. The van der Waals surface area contributed by atoms with E-state index in [1.54, 1.807) is 12.3 Å². The molecule has 0 aliphatic carbocycles. The van der Waals surface area contributed by atoms with E-state index >= 15 is 4.39 Å². The van der Waals surface area contributed by atoms with Crippen LogP contribution in [0.15, 0.2) is 80.6 Å². The van der Waals surface area contributed by atoms with Gasteiger partial charge in [-0.1, -0.05) is 43.2 Å². The molecule has 0 N–H and O–H groups in total. The molecule has 202 valence electrons. The molecule has 1 unspecified atom stereocenters. The molecule has 3 aliphatic rings. The lowest BCUT2D eigenvalue weighted by Crippen LogP contribution is -2.13. The fourth-order valence-corrected chi connectivity index (χ4v) is 4.99. The van der Waals surface area contributed by atoms with Crippen LogP contribution in [0.4, 0.5) is 13.2 Å². The van der Waals surface area contributed by atoms with Crippen LogP contribution in [0, 0.1) is 17.5 Å². The zero-order valence-electron chi connectivity index (χ0n) is 22.3. The minimum Gasteiger partial charge on any atom is -0.498 e. The van der Waals surface area contributed by atoms with Crippen LogP contribution in [0.25, 0.3) is 5.57 Å². The number of nitrogens with zero attached hydrogens (tertiary/aromatic N) is 3. The molecule has 0 spiro atoms. The second-order valence-electron chi connectivity index (χ2n) is 10.2. The predicted molar refractivity (Wildman–Crippen MR) is 151 cm³/mol. The molecule has 4 nitrogen and oxygen atoms in total. The molecular weight excluding hydrogens is 499 g/mol. The number of aliphatic imine (C=N–C) groups is 3. The molecular formula is C32H32F3N3O. The number of ether oxygens (including phenoxy) is 1. The number of amidine groups is 1. The number of benzene rings is 2. The van der Waals surface area contributed by atoms with Gasteiger partial charge in [0.1, 0.15) is 11.5 Å². The normalized spacial score (nSPS) is 19.3. The third-order valence-electron chi connectivity index (χ3n) is 7.26. The van der Waals surface area contributed by atoms with Gasteiger partial charge in [0.05, 0.1) is 29.7 Å². The van der Waals surface area contributed by atoms with E-state index in [1.807, 2.05) is 31.2 Å². The predicted octanol–water partition coefficient (Wildman–Crippen LogP) is 7.93. The molecule has 3 heterocycles. The van der Waals surface area contributed by atoms with Crippen molar-refractivity contribution in [1.29, 1.82) is 0 Å². The van der Waals surface area contributed by atoms with Crippen LogP contribution in [0.1, 0.15) is 69.1 Å². The number of aryl methyl sites for hydroxylation is 1. The average molecular weight is 532 g/mol. The lowest BCUT2D eigenvalue weighted by molar-refractivity contribution is 0.203. The Morgan fingerprint density at radius 3 is 2.72 bits per heavy atom. The van der Waals surface area contributed by atoms with Crippen molar-refractivity contribution in [3.05, 3.63) is 99.7 Å². The molecule has 5 rings (SSSR count). The molecule has 2 aromatic carbocycles. The quantitative estimate of drug-likeness (QED) is 0.358. The summed E-state index contributed by atoms with van der Waals surface area (Å²) in [6.45, 7) is 4.69. The van der Waals surface area contributed by atoms with E-state index in [-0.39, 0.29) is 23.3 Å². The minimum atomic E-state index is -0.964. The first-order chi connectivity index (χ1) is 18.9. The fraction of sp³-hybridized carbons (Fsp3) is 0.344. The second kappa shape index (κ2) is 12.0. The van der Waals surface area contributed by atoms with Crippen molar-refractivity contribution >= 4 is 23.3 Å². The van der Waals surface area contributed by atoms with Gasteiger partial charge < -0.3 is 4.74 Å². The Kier molecular flexibility index (Phi) is 8.24. The van der Waals surface area contributed by atoms with Crippen LogP contribution in [0.2, 0.25) is 0 Å². The van der Waals surface area contributed by atoms with E-state index in [0.29, 0.717) is 36.4 Å². The number of halogens is 3. The van der Waals surface area contributed by atoms with Crippen molar-refractivity contribution in [2.24, 2.45) is 15.0 Å². The standard InChI is InChI=1S/C32H32F3N3O/c1-3-4-7-21-12-13-24(28(34)16-21)26-18-23(39-15-14-20(26)2)17-22-8-5-11-29-30(19-36-22)38-32(37-29)25-9-6-10-27(33)31(25)35/h6,9-13,16,18-19,22H,3-5,7-8,14-15,17H2,1-2H3. The molecule has 0 amide bonds. The highest BCUT2D eigenvalue weighted by atomic mass is 19.2. The number of unbranched alkanes of at least 4 members (excludes halogenated alkanes) is 1. The lowest BCUT2D eigenvalue weighted by Gasteiger charge is -2.16. The van der Waals surface area contributed by atoms with Crippen LogP contribution in [0.3, 0.4) is 0 Å². The molecule has 3 aliphatic heterocycles. The molecule has 2 aromatic rings. The first-order valence-corrected chi connectivity index (χ1v) is 13.6. The molecule has 0 saturated heterocycles. The van der Waals surface area contributed by atoms with Crippen molar-refractivity contribution in [3.8, 4) is 0 Å². The van der Waals surface area contributed by atoms with E-state index in [4.69, 9.17) is 9.73 Å². The van der Waals surface area contributed by atoms with Crippen LogP contribution >= 0.6 is 0 Å². The number of allylic oxidation sites excluding steroid dienone is 4. The van der Waals surface area contributed by atoms with Crippen LogP contribution < -0.4 is 0 Å². The summed E-state index contributed by atoms with van der Waals surface area (Å²) in [6.07, 6.45) is 11.3. The molecule has 0 saturated carbocycles. The minimum absolute atomic E-state index is 0.0254. The molecule has 0 radical (unpaired) electrons. The zero-order valence-corrected chi connectivity index (χ0v) is 22.3. The van der Waals surface area contributed by atoms with E-state index in [9.17, 15) is 8.78 Å². The van der Waals surface area contributed by atoms with E-state index in [0.717, 1.165) is 60.6 Å². The van der Waals surface area contributed by atoms with E-state index < -0.39 is 11.6 Å². The molecule has 39 heavy (non-hydrogen) atoms. The van der Waals surface area contributed by atoms with Crippen molar-refractivity contribution in [2.45, 2.75) is 64.8 Å². The van der Waals surface area contributed by atoms with Gasteiger partial charge in [0.25, 0.3) is 0 Å². The molecule has 0 fully saturated rings. The van der Waals surface area contributed by atoms with Gasteiger partial charge in [-0.05, 0) is 68.0 Å². The Morgan fingerprint density at radius 2 is 1.90 bits per heavy atom. The maximum Gasteiger partial charge on any atom is 0.169 e. The molecule has 0 bridgehead atoms. The number of rotatable bonds is 7. The summed E-state index contributed by atoms with van der Waals surface area (Å²) in [5.41, 5.74) is 4.73. The van der Waals surface area contributed by atoms with Crippen LogP contribution in [-0.2, 0) is 11.2 Å². The maximum absolute atomic E-state index is 15.2. The van der Waals surface area contributed by atoms with Crippen LogP contribution in [-0.4, -0.2) is 30.4 Å². The highest BCUT2D eigenvalue weighted by molar-refractivity contribution is 6.43. The monoisotopic (exact) mass is 531 g/mol. The summed E-state index contributed by atoms with van der Waals surface area (Å²) in [5.74, 6) is -1.19. The molecule has 0 aromatic heterocycles. The first-order valence-electron chi connectivity index (χ1n) is 13.6. The Bertz CT molecular complexity index is 1450. The Morgan fingerprint density at radius 1 is 1.03 bits per heavy atom. The SMILES string of the molecule is CCCCc1ccc(C2=C(C)CCOC(CC3CCC=C4N=C(c5cccc(F)c5F)N=C4C=N3)=C2)c(F)c1. The molecule has 7 heteroatoms. The number of hydrogen-bond acceptors (Lipinski definition) is 4. The second-order valence-corrected chi connectivity index (χ2v) is 10.2. The fourth-order valence-electron chi connectivity index (χ4n) is 4.99. The summed E-state index contributed by atoms with van der Waals surface area (Å²) in [4.78, 5) is 13.6. The average Bonchev–Trinajstić information content (AvgIpc) is 3.21. The lowest BCUT2D eigenvalue weighted by atomic mass is 9.95. The summed E-state index contributed by atoms with van der Waals surface area (Å²) in [5, 5.41) is 0. The van der Waals surface area contributed by atoms with Gasteiger partial charge in [-0.25, -0.2) is 23.2 Å². The third kappa shape index (κ3) is 6.13. The van der Waals surface area contributed by atoms with Gasteiger partial charge in [0.15, 0.2) is 17.5 Å². The van der Waals surface area contributed by atoms with Crippen LogP contribution in [0.5, 0.6) is 0 Å². The van der Waals surface area contributed by atoms with Gasteiger partial charge in [0.2, 0.25) is 0 Å². The smallest absolute Gasteiger partial charge is 0.169 e. The van der Waals surface area contributed by atoms with Crippen molar-refractivity contribution < 1.29 is 17.9 Å². The largest absolute Gasteiger partial charge is 0.498 e. The van der Waals surface area contributed by atoms with Crippen molar-refractivity contribution in [2.75, 3.05) is 6.61 Å². The summed E-state index contributed by atoms with van der Waals surface area (Å²) in [7, 11) is 0. The summed E-state index contributed by atoms with van der Waals surface area (Å²) < 4.78 is 49.3. The highest BCUT2D eigenvalue weighted by Gasteiger charge is 2.23. The third-order valence-corrected chi connectivity index (χ3v) is 7.26. The van der Waals surface area contributed by atoms with E-state index in [2.05, 4.69) is 16.9 Å².